The quantitative estimate of drug-likeness (QED) is 0.606. The van der Waals surface area contributed by atoms with E-state index in [2.05, 4.69) is 57.8 Å². The maximum absolute atomic E-state index is 11.8. The van der Waals surface area contributed by atoms with Crippen LogP contribution >= 0.6 is 0 Å². The van der Waals surface area contributed by atoms with Gasteiger partial charge in [0.05, 0.1) is 6.10 Å². The lowest BCUT2D eigenvalue weighted by Crippen LogP contribution is -2.36. The van der Waals surface area contributed by atoms with Crippen molar-refractivity contribution >= 4 is 29.7 Å². The Labute approximate surface area is 195 Å². The molecule has 0 spiro atoms. The van der Waals surface area contributed by atoms with Gasteiger partial charge in [0.1, 0.15) is 24.0 Å². The van der Waals surface area contributed by atoms with Crippen LogP contribution in [0.4, 0.5) is 17.3 Å². The van der Waals surface area contributed by atoms with Crippen molar-refractivity contribution < 1.29 is 9.90 Å². The molecule has 7 nitrogen and oxygen atoms in total. The molecule has 4 heterocycles. The highest BCUT2D eigenvalue weighted by molar-refractivity contribution is 5.78. The van der Waals surface area contributed by atoms with E-state index < -0.39 is 6.04 Å². The van der Waals surface area contributed by atoms with Crippen LogP contribution in [0.15, 0.2) is 36.5 Å². The van der Waals surface area contributed by atoms with Gasteiger partial charge < -0.3 is 30.3 Å². The first-order valence-corrected chi connectivity index (χ1v) is 12.0. The number of piperidine rings is 2. The van der Waals surface area contributed by atoms with Crippen LogP contribution in [-0.4, -0.2) is 60.6 Å². The molecule has 1 atom stereocenters. The highest BCUT2D eigenvalue weighted by atomic mass is 16.3. The molecule has 3 aliphatic heterocycles. The molecular formula is C26H33N5O2. The summed E-state index contributed by atoms with van der Waals surface area (Å²) in [7, 11) is 2.19. The lowest BCUT2D eigenvalue weighted by molar-refractivity contribution is -0.109. The lowest BCUT2D eigenvalue weighted by Gasteiger charge is -2.32. The molecule has 2 fully saturated rings. The van der Waals surface area contributed by atoms with Crippen LogP contribution in [0.5, 0.6) is 0 Å². The number of fused-ring (bicyclic) bond motifs is 1. The molecule has 2 saturated heterocycles. The topological polar surface area (TPSA) is 80.7 Å². The molecule has 1 aromatic carbocycles. The Morgan fingerprint density at radius 2 is 1.82 bits per heavy atom. The second-order valence-electron chi connectivity index (χ2n) is 9.49. The number of anilines is 3. The molecule has 0 bridgehead atoms. The SMILES string of the molecule is CN1CCC(c2ccc(Nc3nc(N4CCC(O)CC4)cc4c3C(C=O)NC=C4)cc2)CC1. The van der Waals surface area contributed by atoms with Crippen molar-refractivity contribution in [3.05, 3.63) is 53.2 Å². The van der Waals surface area contributed by atoms with Crippen LogP contribution in [0.3, 0.4) is 0 Å². The zero-order chi connectivity index (χ0) is 22.8. The molecule has 5 rings (SSSR count). The maximum atomic E-state index is 11.8. The van der Waals surface area contributed by atoms with Crippen LogP contribution in [-0.2, 0) is 4.79 Å². The standard InChI is InChI=1S/C26H33N5O2/c1-30-12-7-19(8-13-30)18-2-4-21(5-3-18)28-26-25-20(6-11-27-23(25)17-32)16-24(29-26)31-14-9-22(33)10-15-31/h2-6,11,16-17,19,22-23,27,33H,7-10,12-15H2,1H3,(H,28,29). The smallest absolute Gasteiger partial charge is 0.146 e. The number of aliphatic hydroxyl groups is 1. The number of pyridine rings is 1. The fourth-order valence-electron chi connectivity index (χ4n) is 5.13. The van der Waals surface area contributed by atoms with Crippen LogP contribution in [0.2, 0.25) is 0 Å². The zero-order valence-corrected chi connectivity index (χ0v) is 19.2. The van der Waals surface area contributed by atoms with Crippen molar-refractivity contribution in [3.8, 4) is 0 Å². The molecular weight excluding hydrogens is 414 g/mol. The van der Waals surface area contributed by atoms with E-state index in [4.69, 9.17) is 4.98 Å². The van der Waals surface area contributed by atoms with Crippen LogP contribution < -0.4 is 15.5 Å². The molecule has 2 aromatic rings. The summed E-state index contributed by atoms with van der Waals surface area (Å²) in [5, 5.41) is 16.5. The summed E-state index contributed by atoms with van der Waals surface area (Å²) in [6.07, 6.45) is 8.40. The van der Waals surface area contributed by atoms with Gasteiger partial charge in [0.25, 0.3) is 0 Å². The number of carbonyl (C=O) groups is 1. The van der Waals surface area contributed by atoms with Gasteiger partial charge in [0.2, 0.25) is 0 Å². The first-order valence-electron chi connectivity index (χ1n) is 12.0. The molecule has 7 heteroatoms. The third-order valence-electron chi connectivity index (χ3n) is 7.21. The van der Waals surface area contributed by atoms with E-state index in [1.165, 1.54) is 18.4 Å². The number of carbonyl (C=O) groups excluding carboxylic acids is 1. The van der Waals surface area contributed by atoms with E-state index in [-0.39, 0.29) is 6.10 Å². The van der Waals surface area contributed by atoms with Crippen molar-refractivity contribution in [3.63, 3.8) is 0 Å². The van der Waals surface area contributed by atoms with Crippen LogP contribution in [0.1, 0.15) is 54.3 Å². The Morgan fingerprint density at radius 3 is 2.52 bits per heavy atom. The van der Waals surface area contributed by atoms with Crippen LogP contribution in [0.25, 0.3) is 6.08 Å². The van der Waals surface area contributed by atoms with E-state index in [1.54, 1.807) is 0 Å². The lowest BCUT2D eigenvalue weighted by atomic mass is 9.89. The zero-order valence-electron chi connectivity index (χ0n) is 19.2. The number of aromatic nitrogens is 1. The highest BCUT2D eigenvalue weighted by Gasteiger charge is 2.25. The number of rotatable bonds is 5. The van der Waals surface area contributed by atoms with Gasteiger partial charge in [-0.05, 0) is 93.3 Å². The summed E-state index contributed by atoms with van der Waals surface area (Å²) < 4.78 is 0. The Kier molecular flexibility index (Phi) is 6.33. The first kappa shape index (κ1) is 21.9. The Hall–Kier alpha value is -2.90. The Balaban J connectivity index is 1.42. The second kappa shape index (κ2) is 9.53. The van der Waals surface area contributed by atoms with Crippen molar-refractivity contribution in [2.45, 2.75) is 43.7 Å². The molecule has 0 radical (unpaired) electrons. The second-order valence-corrected chi connectivity index (χ2v) is 9.49. The van der Waals surface area contributed by atoms with E-state index >= 15 is 0 Å². The van der Waals surface area contributed by atoms with E-state index in [0.29, 0.717) is 11.7 Å². The third kappa shape index (κ3) is 4.75. The van der Waals surface area contributed by atoms with Crippen molar-refractivity contribution in [1.82, 2.24) is 15.2 Å². The number of likely N-dealkylation sites (tertiary alicyclic amines) is 1. The summed E-state index contributed by atoms with van der Waals surface area (Å²) >= 11 is 0. The number of aliphatic hydroxyl groups excluding tert-OH is 1. The molecule has 174 valence electrons. The molecule has 0 saturated carbocycles. The number of benzene rings is 1. The number of hydrogen-bond acceptors (Lipinski definition) is 7. The Bertz CT molecular complexity index is 1010. The van der Waals surface area contributed by atoms with Crippen LogP contribution in [0, 0.1) is 0 Å². The predicted octanol–water partition coefficient (Wildman–Crippen LogP) is 3.41. The number of nitrogens with zero attached hydrogens (tertiary/aromatic N) is 3. The minimum absolute atomic E-state index is 0.233. The summed E-state index contributed by atoms with van der Waals surface area (Å²) in [6.45, 7) is 3.84. The Morgan fingerprint density at radius 1 is 1.09 bits per heavy atom. The van der Waals surface area contributed by atoms with Gasteiger partial charge in [-0.1, -0.05) is 12.1 Å². The fourth-order valence-corrected chi connectivity index (χ4v) is 5.13. The van der Waals surface area contributed by atoms with Gasteiger partial charge in [0, 0.05) is 24.3 Å². The molecule has 3 aliphatic rings. The molecule has 33 heavy (non-hydrogen) atoms. The van der Waals surface area contributed by atoms with Gasteiger partial charge in [-0.3, -0.25) is 0 Å². The van der Waals surface area contributed by atoms with E-state index in [9.17, 15) is 9.90 Å². The first-order chi connectivity index (χ1) is 16.1. The highest BCUT2D eigenvalue weighted by Crippen LogP contribution is 2.35. The van der Waals surface area contributed by atoms with Crippen molar-refractivity contribution in [1.29, 1.82) is 0 Å². The summed E-state index contributed by atoms with van der Waals surface area (Å²) in [5.74, 6) is 2.20. The number of aldehydes is 1. The minimum Gasteiger partial charge on any atom is -0.393 e. The minimum atomic E-state index is -0.435. The molecule has 1 aromatic heterocycles. The monoisotopic (exact) mass is 447 g/mol. The maximum Gasteiger partial charge on any atom is 0.146 e. The molecule has 0 aliphatic carbocycles. The van der Waals surface area contributed by atoms with E-state index in [0.717, 1.165) is 67.9 Å². The number of hydrogen-bond donors (Lipinski definition) is 3. The summed E-state index contributed by atoms with van der Waals surface area (Å²) in [6, 6.07) is 10.3. The molecule has 0 amide bonds. The van der Waals surface area contributed by atoms with Gasteiger partial charge >= 0.3 is 0 Å². The largest absolute Gasteiger partial charge is 0.393 e. The van der Waals surface area contributed by atoms with Crippen molar-refractivity contribution in [2.75, 3.05) is 43.4 Å². The fraction of sp³-hybridized carbons (Fsp3) is 0.462. The molecule has 1 unspecified atom stereocenters. The third-order valence-corrected chi connectivity index (χ3v) is 7.21. The van der Waals surface area contributed by atoms with Gasteiger partial charge in [-0.2, -0.15) is 0 Å². The average Bonchev–Trinajstić information content (AvgIpc) is 2.85. The van der Waals surface area contributed by atoms with Gasteiger partial charge in [-0.25, -0.2) is 4.98 Å². The average molecular weight is 448 g/mol. The van der Waals surface area contributed by atoms with E-state index in [1.807, 2.05) is 12.3 Å². The predicted molar refractivity (Wildman–Crippen MR) is 132 cm³/mol. The van der Waals surface area contributed by atoms with Crippen molar-refractivity contribution in [2.24, 2.45) is 0 Å². The van der Waals surface area contributed by atoms with Gasteiger partial charge in [0.15, 0.2) is 0 Å². The normalized spacial score (nSPS) is 22.0. The summed E-state index contributed by atoms with van der Waals surface area (Å²) in [4.78, 5) is 21.4. The molecule has 3 N–H and O–H groups in total. The summed E-state index contributed by atoms with van der Waals surface area (Å²) in [5.41, 5.74) is 4.21. The number of nitrogens with one attached hydrogen (secondary N) is 2. The van der Waals surface area contributed by atoms with Gasteiger partial charge in [-0.15, -0.1) is 0 Å².